The quantitative estimate of drug-likeness (QED) is 0.775. The van der Waals surface area contributed by atoms with Gasteiger partial charge in [-0.2, -0.15) is 5.10 Å². The lowest BCUT2D eigenvalue weighted by Crippen LogP contribution is -2.15. The van der Waals surface area contributed by atoms with E-state index in [1.807, 2.05) is 47.1 Å². The highest BCUT2D eigenvalue weighted by Gasteiger charge is 2.17. The Hall–Kier alpha value is -2.55. The Kier molecular flexibility index (Phi) is 3.02. The van der Waals surface area contributed by atoms with Crippen molar-refractivity contribution < 1.29 is 0 Å². The molecule has 19 heavy (non-hydrogen) atoms. The van der Waals surface area contributed by atoms with Gasteiger partial charge in [-0.25, -0.2) is 4.68 Å². The van der Waals surface area contributed by atoms with Crippen LogP contribution in [0.5, 0.6) is 0 Å². The Bertz CT molecular complexity index is 605. The first-order valence-corrected chi connectivity index (χ1v) is 6.25. The van der Waals surface area contributed by atoms with Crippen molar-refractivity contribution in [2.75, 3.05) is 5.73 Å². The average molecular weight is 249 g/mol. The number of nitrogens with zero attached hydrogens (tertiary/aromatic N) is 2. The normalized spacial score (nSPS) is 10.8. The minimum atomic E-state index is 0.0115. The fourth-order valence-corrected chi connectivity index (χ4v) is 2.29. The van der Waals surface area contributed by atoms with Gasteiger partial charge in [0.1, 0.15) is 11.9 Å². The molecule has 0 saturated heterocycles. The van der Waals surface area contributed by atoms with E-state index in [9.17, 15) is 0 Å². The predicted octanol–water partition coefficient (Wildman–Crippen LogP) is 3.10. The Morgan fingerprint density at radius 2 is 1.32 bits per heavy atom. The van der Waals surface area contributed by atoms with Gasteiger partial charge in [-0.05, 0) is 17.2 Å². The lowest BCUT2D eigenvalue weighted by molar-refractivity contribution is 0.604. The van der Waals surface area contributed by atoms with Crippen LogP contribution in [0.3, 0.4) is 0 Å². The maximum Gasteiger partial charge on any atom is 0.122 e. The molecule has 0 fully saturated rings. The molecule has 0 spiro atoms. The molecule has 3 rings (SSSR count). The molecule has 3 heteroatoms. The van der Waals surface area contributed by atoms with Gasteiger partial charge in [-0.3, -0.25) is 0 Å². The van der Waals surface area contributed by atoms with E-state index < -0.39 is 0 Å². The first-order chi connectivity index (χ1) is 9.36. The highest BCUT2D eigenvalue weighted by molar-refractivity contribution is 5.37. The number of hydrogen-bond donors (Lipinski definition) is 1. The standard InChI is InChI=1S/C16H15N3/c17-15-11-12-18-19(15)16(13-7-3-1-4-8-13)14-9-5-2-6-10-14/h1-12,16H,17H2. The molecule has 0 atom stereocenters. The third-order valence-electron chi connectivity index (χ3n) is 3.18. The molecule has 0 bridgehead atoms. The minimum Gasteiger partial charge on any atom is -0.384 e. The number of aromatic nitrogens is 2. The van der Waals surface area contributed by atoms with Gasteiger partial charge in [0, 0.05) is 0 Å². The second-order valence-corrected chi connectivity index (χ2v) is 4.42. The van der Waals surface area contributed by atoms with E-state index in [0.717, 1.165) is 0 Å². The van der Waals surface area contributed by atoms with Crippen LogP contribution in [0, 0.1) is 0 Å². The molecule has 0 unspecified atom stereocenters. The van der Waals surface area contributed by atoms with Crippen molar-refractivity contribution >= 4 is 5.82 Å². The molecule has 0 aliphatic heterocycles. The lowest BCUT2D eigenvalue weighted by atomic mass is 9.99. The van der Waals surface area contributed by atoms with Gasteiger partial charge in [-0.15, -0.1) is 0 Å². The van der Waals surface area contributed by atoms with E-state index in [-0.39, 0.29) is 6.04 Å². The molecule has 0 amide bonds. The summed E-state index contributed by atoms with van der Waals surface area (Å²) in [6.07, 6.45) is 1.73. The van der Waals surface area contributed by atoms with Crippen LogP contribution in [0.4, 0.5) is 5.82 Å². The van der Waals surface area contributed by atoms with Crippen LogP contribution >= 0.6 is 0 Å². The molecule has 94 valence electrons. The number of anilines is 1. The molecular formula is C16H15N3. The maximum absolute atomic E-state index is 6.02. The molecule has 0 saturated carbocycles. The first-order valence-electron chi connectivity index (χ1n) is 6.25. The number of benzene rings is 2. The van der Waals surface area contributed by atoms with Gasteiger partial charge < -0.3 is 5.73 Å². The average Bonchev–Trinajstić information content (AvgIpc) is 2.88. The SMILES string of the molecule is Nc1ccnn1C(c1ccccc1)c1ccccc1. The van der Waals surface area contributed by atoms with Crippen LogP contribution in [-0.2, 0) is 0 Å². The van der Waals surface area contributed by atoms with E-state index in [1.54, 1.807) is 6.20 Å². The van der Waals surface area contributed by atoms with Gasteiger partial charge in [0.15, 0.2) is 0 Å². The molecule has 0 radical (unpaired) electrons. The third kappa shape index (κ3) is 2.22. The lowest BCUT2D eigenvalue weighted by Gasteiger charge is -2.20. The summed E-state index contributed by atoms with van der Waals surface area (Å²) in [5.41, 5.74) is 8.36. The van der Waals surface area contributed by atoms with Crippen molar-refractivity contribution in [3.63, 3.8) is 0 Å². The zero-order chi connectivity index (χ0) is 13.1. The molecule has 2 aromatic carbocycles. The summed E-state index contributed by atoms with van der Waals surface area (Å²) < 4.78 is 1.85. The maximum atomic E-state index is 6.02. The van der Waals surface area contributed by atoms with Crippen LogP contribution < -0.4 is 5.73 Å². The van der Waals surface area contributed by atoms with Crippen molar-refractivity contribution in [2.24, 2.45) is 0 Å². The summed E-state index contributed by atoms with van der Waals surface area (Å²) in [4.78, 5) is 0. The summed E-state index contributed by atoms with van der Waals surface area (Å²) in [7, 11) is 0. The number of hydrogen-bond acceptors (Lipinski definition) is 2. The zero-order valence-corrected chi connectivity index (χ0v) is 10.5. The van der Waals surface area contributed by atoms with Crippen LogP contribution in [0.15, 0.2) is 72.9 Å². The molecule has 0 aliphatic rings. The van der Waals surface area contributed by atoms with Gasteiger partial charge >= 0.3 is 0 Å². The van der Waals surface area contributed by atoms with E-state index in [2.05, 4.69) is 29.4 Å². The van der Waals surface area contributed by atoms with Gasteiger partial charge in [0.2, 0.25) is 0 Å². The summed E-state index contributed by atoms with van der Waals surface area (Å²) >= 11 is 0. The predicted molar refractivity (Wildman–Crippen MR) is 76.8 cm³/mol. The summed E-state index contributed by atoms with van der Waals surface area (Å²) in [6.45, 7) is 0. The third-order valence-corrected chi connectivity index (χ3v) is 3.18. The van der Waals surface area contributed by atoms with Crippen LogP contribution in [0.1, 0.15) is 17.2 Å². The van der Waals surface area contributed by atoms with Crippen LogP contribution in [0.2, 0.25) is 0 Å². The number of nitrogen functional groups attached to an aromatic ring is 1. The van der Waals surface area contributed by atoms with Crippen molar-refractivity contribution in [1.29, 1.82) is 0 Å². The van der Waals surface area contributed by atoms with Crippen molar-refractivity contribution in [2.45, 2.75) is 6.04 Å². The largest absolute Gasteiger partial charge is 0.384 e. The molecular weight excluding hydrogens is 234 g/mol. The summed E-state index contributed by atoms with van der Waals surface area (Å²) in [6, 6.07) is 22.4. The van der Waals surface area contributed by atoms with Crippen molar-refractivity contribution in [1.82, 2.24) is 9.78 Å². The van der Waals surface area contributed by atoms with Gasteiger partial charge in [0.25, 0.3) is 0 Å². The summed E-state index contributed by atoms with van der Waals surface area (Å²) in [5, 5.41) is 4.36. The fraction of sp³-hybridized carbons (Fsp3) is 0.0625. The van der Waals surface area contributed by atoms with Crippen molar-refractivity contribution in [3.05, 3.63) is 84.1 Å². The molecule has 1 aromatic heterocycles. The Balaban J connectivity index is 2.15. The minimum absolute atomic E-state index is 0.0115. The van der Waals surface area contributed by atoms with Crippen LogP contribution in [0.25, 0.3) is 0 Å². The summed E-state index contributed by atoms with van der Waals surface area (Å²) in [5.74, 6) is 0.665. The number of rotatable bonds is 3. The molecule has 3 nitrogen and oxygen atoms in total. The topological polar surface area (TPSA) is 43.8 Å². The van der Waals surface area contributed by atoms with Gasteiger partial charge in [-0.1, -0.05) is 60.7 Å². The van der Waals surface area contributed by atoms with Crippen LogP contribution in [-0.4, -0.2) is 9.78 Å². The Morgan fingerprint density at radius 3 is 1.74 bits per heavy atom. The second-order valence-electron chi connectivity index (χ2n) is 4.42. The van der Waals surface area contributed by atoms with Crippen molar-refractivity contribution in [3.8, 4) is 0 Å². The zero-order valence-electron chi connectivity index (χ0n) is 10.5. The first kappa shape index (κ1) is 11.5. The Morgan fingerprint density at radius 1 is 0.789 bits per heavy atom. The van der Waals surface area contributed by atoms with E-state index in [4.69, 9.17) is 5.73 Å². The molecule has 3 aromatic rings. The molecule has 2 N–H and O–H groups in total. The Labute approximate surface area is 112 Å². The highest BCUT2D eigenvalue weighted by Crippen LogP contribution is 2.27. The molecule has 0 aliphatic carbocycles. The number of nitrogens with two attached hydrogens (primary N) is 1. The van der Waals surface area contributed by atoms with Gasteiger partial charge in [0.05, 0.1) is 6.20 Å². The van der Waals surface area contributed by atoms with E-state index in [1.165, 1.54) is 11.1 Å². The molecule has 1 heterocycles. The van der Waals surface area contributed by atoms with E-state index >= 15 is 0 Å². The fourth-order valence-electron chi connectivity index (χ4n) is 2.29. The monoisotopic (exact) mass is 249 g/mol. The smallest absolute Gasteiger partial charge is 0.122 e. The highest BCUT2D eigenvalue weighted by atomic mass is 15.3. The second kappa shape index (κ2) is 4.98. The van der Waals surface area contributed by atoms with E-state index in [0.29, 0.717) is 5.82 Å².